The number of aryl methyl sites for hydroxylation is 1. The molecule has 3 aromatic rings. The predicted molar refractivity (Wildman–Crippen MR) is 163 cm³/mol. The first-order valence-electron chi connectivity index (χ1n) is 15.2. The summed E-state index contributed by atoms with van der Waals surface area (Å²) in [6.07, 6.45) is 3.26. The highest BCUT2D eigenvalue weighted by Gasteiger charge is 2.62. The summed E-state index contributed by atoms with van der Waals surface area (Å²) in [7, 11) is 0. The number of rotatable bonds is 5. The van der Waals surface area contributed by atoms with Gasteiger partial charge in [0.15, 0.2) is 11.6 Å². The van der Waals surface area contributed by atoms with Crippen LogP contribution >= 0.6 is 11.9 Å². The van der Waals surface area contributed by atoms with Gasteiger partial charge in [0.1, 0.15) is 16.7 Å². The lowest BCUT2D eigenvalue weighted by molar-refractivity contribution is -0.190. The smallest absolute Gasteiger partial charge is 0.394 e. The fourth-order valence-electron chi connectivity index (χ4n) is 6.26. The standard InChI is InChI=1S/C31H38F3N7O2S/c1-20-7-10-25-38-26(20)35-14-5-4-6-21-16-29(2,3)40(18-21)27-23(28(42)39-44-25)8-9-24(37-27)41-19-22(17-36-41)43-15-13-30(11-12-30)31(32,33)34/h7-10,17,19,21H,4-6,11-16,18H2,1-3H3,(H,35,38)(H,39,42). The van der Waals surface area contributed by atoms with Crippen LogP contribution in [0.5, 0.6) is 5.75 Å². The third kappa shape index (κ3) is 6.33. The highest BCUT2D eigenvalue weighted by Crippen LogP contribution is 2.59. The van der Waals surface area contributed by atoms with E-state index in [4.69, 9.17) is 14.7 Å². The molecule has 2 fully saturated rings. The second-order valence-electron chi connectivity index (χ2n) is 12.8. The molecule has 1 saturated carbocycles. The zero-order valence-corrected chi connectivity index (χ0v) is 26.0. The first-order chi connectivity index (χ1) is 20.9. The van der Waals surface area contributed by atoms with Gasteiger partial charge in [-0.2, -0.15) is 18.3 Å². The molecule has 44 heavy (non-hydrogen) atoms. The number of hydrogen-bond acceptors (Lipinski definition) is 8. The average Bonchev–Trinajstić information content (AvgIpc) is 3.53. The number of alkyl halides is 3. The number of nitrogens with one attached hydrogen (secondary N) is 2. The second-order valence-corrected chi connectivity index (χ2v) is 13.6. The molecule has 6 rings (SSSR count). The maximum atomic E-state index is 13.6. The molecule has 1 saturated heterocycles. The Labute approximate surface area is 259 Å². The van der Waals surface area contributed by atoms with Crippen LogP contribution in [0.25, 0.3) is 5.82 Å². The van der Waals surface area contributed by atoms with Gasteiger partial charge in [-0.25, -0.2) is 14.6 Å². The molecule has 2 aliphatic heterocycles. The molecule has 1 amide bonds. The summed E-state index contributed by atoms with van der Waals surface area (Å²) in [5.41, 5.74) is -0.346. The van der Waals surface area contributed by atoms with Gasteiger partial charge >= 0.3 is 6.18 Å². The minimum Gasteiger partial charge on any atom is -0.490 e. The minimum absolute atomic E-state index is 0.0442. The molecular formula is C31H38F3N7O2S. The molecule has 0 aromatic carbocycles. The number of hydrogen-bond donors (Lipinski definition) is 2. The molecule has 9 nitrogen and oxygen atoms in total. The highest BCUT2D eigenvalue weighted by molar-refractivity contribution is 7.97. The van der Waals surface area contributed by atoms with Crippen LogP contribution in [0, 0.1) is 18.3 Å². The maximum absolute atomic E-state index is 13.6. The molecule has 1 aliphatic carbocycles. The number of aromatic nitrogens is 4. The first-order valence-corrected chi connectivity index (χ1v) is 16.0. The van der Waals surface area contributed by atoms with E-state index in [1.165, 1.54) is 10.9 Å². The van der Waals surface area contributed by atoms with Gasteiger partial charge in [0.25, 0.3) is 5.91 Å². The van der Waals surface area contributed by atoms with E-state index in [9.17, 15) is 18.0 Å². The molecule has 2 N–H and O–H groups in total. The minimum atomic E-state index is -4.21. The molecule has 4 bridgehead atoms. The van der Waals surface area contributed by atoms with E-state index in [2.05, 4.69) is 33.9 Å². The zero-order chi connectivity index (χ0) is 31.1. The zero-order valence-electron chi connectivity index (χ0n) is 25.2. The van der Waals surface area contributed by atoms with E-state index in [1.54, 1.807) is 18.3 Å². The topological polar surface area (TPSA) is 97.2 Å². The molecule has 5 heterocycles. The molecular weight excluding hydrogens is 591 g/mol. The van der Waals surface area contributed by atoms with Gasteiger partial charge in [-0.1, -0.05) is 12.5 Å². The van der Waals surface area contributed by atoms with Gasteiger partial charge in [-0.3, -0.25) is 9.52 Å². The number of carbonyl (C=O) groups is 1. The van der Waals surface area contributed by atoms with Crippen LogP contribution in [0.1, 0.15) is 74.7 Å². The van der Waals surface area contributed by atoms with Crippen molar-refractivity contribution in [1.82, 2.24) is 24.5 Å². The largest absolute Gasteiger partial charge is 0.490 e. The van der Waals surface area contributed by atoms with Crippen molar-refractivity contribution in [2.45, 2.75) is 82.5 Å². The molecule has 0 radical (unpaired) electrons. The van der Waals surface area contributed by atoms with E-state index >= 15 is 0 Å². The van der Waals surface area contributed by atoms with Crippen molar-refractivity contribution in [2.24, 2.45) is 11.3 Å². The third-order valence-electron chi connectivity index (χ3n) is 9.07. The lowest BCUT2D eigenvalue weighted by Gasteiger charge is -2.34. The van der Waals surface area contributed by atoms with Crippen LogP contribution in [0.3, 0.4) is 0 Å². The Hall–Kier alpha value is -3.48. The number of amides is 1. The van der Waals surface area contributed by atoms with Crippen molar-refractivity contribution >= 4 is 29.5 Å². The van der Waals surface area contributed by atoms with Crippen LogP contribution in [0.4, 0.5) is 24.8 Å². The Morgan fingerprint density at radius 1 is 1.14 bits per heavy atom. The molecule has 3 aliphatic rings. The molecule has 3 aromatic heterocycles. The number of nitrogens with zero attached hydrogens (tertiary/aromatic N) is 5. The molecule has 0 spiro atoms. The van der Waals surface area contributed by atoms with E-state index in [0.717, 1.165) is 62.1 Å². The molecule has 236 valence electrons. The number of pyridine rings is 2. The molecule has 13 heteroatoms. The van der Waals surface area contributed by atoms with Crippen molar-refractivity contribution in [3.8, 4) is 11.6 Å². The van der Waals surface area contributed by atoms with Gasteiger partial charge in [0.2, 0.25) is 0 Å². The average molecular weight is 630 g/mol. The fraction of sp³-hybridized carbons (Fsp3) is 0.548. The Bertz CT molecular complexity index is 1520. The lowest BCUT2D eigenvalue weighted by Crippen LogP contribution is -2.40. The number of fused-ring (bicyclic) bond motifs is 6. The van der Waals surface area contributed by atoms with E-state index < -0.39 is 11.6 Å². The van der Waals surface area contributed by atoms with Crippen molar-refractivity contribution in [2.75, 3.05) is 29.9 Å². The van der Waals surface area contributed by atoms with E-state index in [0.29, 0.717) is 33.9 Å². The number of carbonyl (C=O) groups excluding carboxylic acids is 1. The lowest BCUT2D eigenvalue weighted by atomic mass is 9.93. The second kappa shape index (κ2) is 11.8. The number of halogens is 3. The Morgan fingerprint density at radius 2 is 1.95 bits per heavy atom. The van der Waals surface area contributed by atoms with Crippen LogP contribution in [-0.2, 0) is 0 Å². The Kier molecular flexibility index (Phi) is 8.18. The summed E-state index contributed by atoms with van der Waals surface area (Å²) >= 11 is 1.16. The number of ether oxygens (including phenoxy) is 1. The summed E-state index contributed by atoms with van der Waals surface area (Å²) in [6, 6.07) is 7.34. The summed E-state index contributed by atoms with van der Waals surface area (Å²) in [5, 5.41) is 8.50. The summed E-state index contributed by atoms with van der Waals surface area (Å²) < 4.78 is 50.0. The predicted octanol–water partition coefficient (Wildman–Crippen LogP) is 6.72. The fourth-order valence-corrected chi connectivity index (χ4v) is 6.84. The molecule has 1 unspecified atom stereocenters. The Morgan fingerprint density at radius 3 is 2.73 bits per heavy atom. The van der Waals surface area contributed by atoms with Crippen molar-refractivity contribution in [3.05, 3.63) is 47.8 Å². The number of anilines is 2. The monoisotopic (exact) mass is 629 g/mol. The normalized spacial score (nSPS) is 21.3. The Balaban J connectivity index is 1.26. The van der Waals surface area contributed by atoms with Gasteiger partial charge < -0.3 is 15.0 Å². The van der Waals surface area contributed by atoms with Crippen LogP contribution in [0.15, 0.2) is 41.7 Å². The van der Waals surface area contributed by atoms with Crippen LogP contribution in [-0.4, -0.2) is 57.1 Å². The van der Waals surface area contributed by atoms with Gasteiger partial charge in [0, 0.05) is 30.6 Å². The van der Waals surface area contributed by atoms with Crippen molar-refractivity contribution in [1.29, 1.82) is 0 Å². The summed E-state index contributed by atoms with van der Waals surface area (Å²) in [4.78, 5) is 25.5. The third-order valence-corrected chi connectivity index (χ3v) is 9.79. The van der Waals surface area contributed by atoms with Crippen molar-refractivity contribution < 1.29 is 22.7 Å². The van der Waals surface area contributed by atoms with E-state index in [-0.39, 0.29) is 37.3 Å². The maximum Gasteiger partial charge on any atom is 0.394 e. The molecule has 1 atom stereocenters. The highest BCUT2D eigenvalue weighted by atomic mass is 32.2. The summed E-state index contributed by atoms with van der Waals surface area (Å²) in [6.45, 7) is 7.94. The van der Waals surface area contributed by atoms with Gasteiger partial charge in [-0.05, 0) is 89.0 Å². The van der Waals surface area contributed by atoms with Gasteiger partial charge in [-0.15, -0.1) is 0 Å². The summed E-state index contributed by atoms with van der Waals surface area (Å²) in [5.74, 6) is 2.41. The quantitative estimate of drug-likeness (QED) is 0.301. The van der Waals surface area contributed by atoms with E-state index in [1.807, 2.05) is 19.1 Å². The van der Waals surface area contributed by atoms with Gasteiger partial charge in [0.05, 0.1) is 30.0 Å². The van der Waals surface area contributed by atoms with Crippen molar-refractivity contribution in [3.63, 3.8) is 0 Å². The van der Waals surface area contributed by atoms with Crippen LogP contribution in [0.2, 0.25) is 0 Å². The van der Waals surface area contributed by atoms with Crippen LogP contribution < -0.4 is 19.7 Å². The SMILES string of the molecule is Cc1ccc2nc1NCCCCC1CN(c3nc(-n4cc(OCCC5(C(F)(F)F)CC5)cn4)ccc3C(=O)NS2)C(C)(C)C1. The first kappa shape index (κ1) is 30.5.